The van der Waals surface area contributed by atoms with Crippen molar-refractivity contribution in [3.8, 4) is 0 Å². The number of hydrogen-bond donors (Lipinski definition) is 2. The molecule has 1 aromatic rings. The van der Waals surface area contributed by atoms with Gasteiger partial charge in [-0.3, -0.25) is 9.69 Å². The van der Waals surface area contributed by atoms with Crippen LogP contribution in [-0.2, 0) is 11.3 Å². The molecular weight excluding hydrogens is 274 g/mol. The van der Waals surface area contributed by atoms with Crippen molar-refractivity contribution in [1.29, 1.82) is 0 Å². The zero-order valence-electron chi connectivity index (χ0n) is 13.0. The minimum atomic E-state index is -0.541. The number of carbonyl (C=O) groups excluding carboxylic acids is 1. The molecule has 1 aromatic carbocycles. The Balaban J connectivity index is 1.38. The highest BCUT2D eigenvalue weighted by molar-refractivity contribution is 5.89. The molecule has 1 amide bonds. The highest BCUT2D eigenvalue weighted by atomic mass is 16.2. The maximum absolute atomic E-state index is 12.2. The molecular formula is C18H25N3O. The molecule has 1 saturated carbocycles. The fourth-order valence-corrected chi connectivity index (χ4v) is 4.14. The highest BCUT2D eigenvalue weighted by Gasteiger charge is 2.48. The molecule has 0 radical (unpaired) electrons. The molecule has 3 N–H and O–H groups in total. The van der Waals surface area contributed by atoms with Crippen LogP contribution in [0.5, 0.6) is 0 Å². The maximum Gasteiger partial charge on any atom is 0.240 e. The zero-order chi connectivity index (χ0) is 15.2. The van der Waals surface area contributed by atoms with Gasteiger partial charge in [0.1, 0.15) is 0 Å². The molecule has 2 unspecified atom stereocenters. The second-order valence-electron chi connectivity index (χ2n) is 7.34. The first kappa shape index (κ1) is 14.2. The summed E-state index contributed by atoms with van der Waals surface area (Å²) >= 11 is 0. The van der Waals surface area contributed by atoms with Gasteiger partial charge in [0.05, 0.1) is 5.54 Å². The Labute approximate surface area is 132 Å². The van der Waals surface area contributed by atoms with Crippen molar-refractivity contribution >= 4 is 5.91 Å². The van der Waals surface area contributed by atoms with Gasteiger partial charge in [-0.05, 0) is 44.1 Å². The first-order chi connectivity index (χ1) is 10.6. The van der Waals surface area contributed by atoms with E-state index in [1.807, 2.05) is 0 Å². The van der Waals surface area contributed by atoms with Gasteiger partial charge in [0, 0.05) is 24.7 Å². The number of rotatable bonds is 4. The van der Waals surface area contributed by atoms with Crippen molar-refractivity contribution in [3.63, 3.8) is 0 Å². The molecule has 4 rings (SSSR count). The number of piperidine rings is 1. The SMILES string of the molecule is NC1(C(=O)NC2CC3CCC(C2)N3Cc2ccccc2)CC1. The number of nitrogens with zero attached hydrogens (tertiary/aromatic N) is 1. The average molecular weight is 299 g/mol. The van der Waals surface area contributed by atoms with Gasteiger partial charge in [0.2, 0.25) is 5.91 Å². The van der Waals surface area contributed by atoms with Crippen LogP contribution >= 0.6 is 0 Å². The molecule has 22 heavy (non-hydrogen) atoms. The molecule has 3 fully saturated rings. The predicted octanol–water partition coefficient (Wildman–Crippen LogP) is 1.79. The van der Waals surface area contributed by atoms with E-state index in [2.05, 4.69) is 40.5 Å². The lowest BCUT2D eigenvalue weighted by Gasteiger charge is -2.39. The Kier molecular flexibility index (Phi) is 3.46. The highest BCUT2D eigenvalue weighted by Crippen LogP contribution is 2.38. The third-order valence-corrected chi connectivity index (χ3v) is 5.67. The Morgan fingerprint density at radius 1 is 1.18 bits per heavy atom. The summed E-state index contributed by atoms with van der Waals surface area (Å²) < 4.78 is 0. The van der Waals surface area contributed by atoms with Gasteiger partial charge in [-0.25, -0.2) is 0 Å². The van der Waals surface area contributed by atoms with E-state index in [1.54, 1.807) is 0 Å². The van der Waals surface area contributed by atoms with Gasteiger partial charge < -0.3 is 11.1 Å². The molecule has 4 nitrogen and oxygen atoms in total. The summed E-state index contributed by atoms with van der Waals surface area (Å²) in [6.07, 6.45) is 6.36. The van der Waals surface area contributed by atoms with Crippen molar-refractivity contribution < 1.29 is 4.79 Å². The fourth-order valence-electron chi connectivity index (χ4n) is 4.14. The van der Waals surface area contributed by atoms with E-state index in [4.69, 9.17) is 5.73 Å². The zero-order valence-corrected chi connectivity index (χ0v) is 13.0. The number of nitrogens with two attached hydrogens (primary N) is 1. The molecule has 2 saturated heterocycles. The van der Waals surface area contributed by atoms with Crippen molar-refractivity contribution in [1.82, 2.24) is 10.2 Å². The van der Waals surface area contributed by atoms with E-state index in [0.717, 1.165) is 32.2 Å². The van der Waals surface area contributed by atoms with E-state index in [9.17, 15) is 4.79 Å². The van der Waals surface area contributed by atoms with E-state index in [-0.39, 0.29) is 5.91 Å². The Morgan fingerprint density at radius 3 is 2.41 bits per heavy atom. The summed E-state index contributed by atoms with van der Waals surface area (Å²) in [5, 5.41) is 3.22. The van der Waals surface area contributed by atoms with Crippen molar-refractivity contribution in [3.05, 3.63) is 35.9 Å². The van der Waals surface area contributed by atoms with Gasteiger partial charge >= 0.3 is 0 Å². The summed E-state index contributed by atoms with van der Waals surface area (Å²) in [5.74, 6) is 0.0772. The van der Waals surface area contributed by atoms with Crippen LogP contribution in [0, 0.1) is 0 Å². The van der Waals surface area contributed by atoms with Gasteiger partial charge in [0.15, 0.2) is 0 Å². The topological polar surface area (TPSA) is 58.4 Å². The van der Waals surface area contributed by atoms with Crippen molar-refractivity contribution in [2.45, 2.75) is 68.7 Å². The first-order valence-corrected chi connectivity index (χ1v) is 8.53. The quantitative estimate of drug-likeness (QED) is 0.891. The minimum Gasteiger partial charge on any atom is -0.352 e. The molecule has 2 aliphatic heterocycles. The summed E-state index contributed by atoms with van der Waals surface area (Å²) in [6.45, 7) is 1.04. The second-order valence-corrected chi connectivity index (χ2v) is 7.34. The minimum absolute atomic E-state index is 0.0772. The lowest BCUT2D eigenvalue weighted by molar-refractivity contribution is -0.124. The van der Waals surface area contributed by atoms with E-state index in [0.29, 0.717) is 18.1 Å². The molecule has 1 aliphatic carbocycles. The molecule has 2 bridgehead atoms. The Morgan fingerprint density at radius 2 is 1.82 bits per heavy atom. The number of amides is 1. The summed E-state index contributed by atoms with van der Waals surface area (Å²) in [6, 6.07) is 12.2. The average Bonchev–Trinajstić information content (AvgIpc) is 3.23. The van der Waals surface area contributed by atoms with Crippen molar-refractivity contribution in [2.75, 3.05) is 0 Å². The molecule has 2 heterocycles. The van der Waals surface area contributed by atoms with Crippen LogP contribution in [-0.4, -0.2) is 34.5 Å². The van der Waals surface area contributed by atoms with E-state index in [1.165, 1.54) is 18.4 Å². The standard InChI is InChI=1S/C18H25N3O/c19-18(8-9-18)17(22)20-14-10-15-6-7-16(11-14)21(15)12-13-4-2-1-3-5-13/h1-5,14-16H,6-12,19H2,(H,20,22). The lowest BCUT2D eigenvalue weighted by Crippen LogP contribution is -2.53. The molecule has 0 spiro atoms. The van der Waals surface area contributed by atoms with Crippen LogP contribution < -0.4 is 11.1 Å². The number of hydrogen-bond acceptors (Lipinski definition) is 3. The fraction of sp³-hybridized carbons (Fsp3) is 0.611. The Bertz CT molecular complexity index is 541. The number of fused-ring (bicyclic) bond motifs is 2. The van der Waals surface area contributed by atoms with Crippen LogP contribution in [0.15, 0.2) is 30.3 Å². The van der Waals surface area contributed by atoms with Crippen LogP contribution in [0.2, 0.25) is 0 Å². The lowest BCUT2D eigenvalue weighted by atomic mass is 9.96. The number of carbonyl (C=O) groups is 1. The molecule has 2 atom stereocenters. The molecule has 0 aromatic heterocycles. The van der Waals surface area contributed by atoms with Gasteiger partial charge in [-0.1, -0.05) is 30.3 Å². The largest absolute Gasteiger partial charge is 0.352 e. The first-order valence-electron chi connectivity index (χ1n) is 8.53. The van der Waals surface area contributed by atoms with Crippen molar-refractivity contribution in [2.24, 2.45) is 5.73 Å². The summed E-state index contributed by atoms with van der Waals surface area (Å²) in [5.41, 5.74) is 6.85. The Hall–Kier alpha value is -1.39. The molecule has 4 heteroatoms. The van der Waals surface area contributed by atoms with Gasteiger partial charge in [-0.15, -0.1) is 0 Å². The van der Waals surface area contributed by atoms with Crippen LogP contribution in [0.1, 0.15) is 44.1 Å². The van der Waals surface area contributed by atoms with E-state index >= 15 is 0 Å². The number of nitrogens with one attached hydrogen (secondary N) is 1. The third-order valence-electron chi connectivity index (χ3n) is 5.67. The van der Waals surface area contributed by atoms with Crippen LogP contribution in [0.4, 0.5) is 0 Å². The summed E-state index contributed by atoms with van der Waals surface area (Å²) in [7, 11) is 0. The number of benzene rings is 1. The normalized spacial score (nSPS) is 32.7. The summed E-state index contributed by atoms with van der Waals surface area (Å²) in [4.78, 5) is 14.8. The van der Waals surface area contributed by atoms with E-state index < -0.39 is 5.54 Å². The second kappa shape index (κ2) is 5.36. The molecule has 3 aliphatic rings. The smallest absolute Gasteiger partial charge is 0.240 e. The van der Waals surface area contributed by atoms with Gasteiger partial charge in [-0.2, -0.15) is 0 Å². The van der Waals surface area contributed by atoms with Crippen LogP contribution in [0.25, 0.3) is 0 Å². The predicted molar refractivity (Wildman–Crippen MR) is 86.1 cm³/mol. The molecule has 118 valence electrons. The maximum atomic E-state index is 12.2. The van der Waals surface area contributed by atoms with Gasteiger partial charge in [0.25, 0.3) is 0 Å². The third kappa shape index (κ3) is 2.66. The van der Waals surface area contributed by atoms with Crippen LogP contribution in [0.3, 0.4) is 0 Å². The monoisotopic (exact) mass is 299 g/mol.